The fourth-order valence-corrected chi connectivity index (χ4v) is 2.40. The van der Waals surface area contributed by atoms with E-state index in [0.29, 0.717) is 11.8 Å². The number of hydrogen-bond acceptors (Lipinski definition) is 2. The van der Waals surface area contributed by atoms with Crippen molar-refractivity contribution in [3.05, 3.63) is 11.6 Å². The van der Waals surface area contributed by atoms with Gasteiger partial charge in [0.05, 0.1) is 0 Å². The Hall–Kier alpha value is -0.920. The van der Waals surface area contributed by atoms with Crippen LogP contribution in [0.5, 0.6) is 0 Å². The number of nitrogens with zero attached hydrogens (tertiary/aromatic N) is 2. The van der Waals surface area contributed by atoms with E-state index in [-0.39, 0.29) is 0 Å². The molecule has 0 heterocycles. The molecule has 0 aliphatic carbocycles. The Morgan fingerprint density at radius 2 is 1.29 bits per heavy atom. The molecule has 0 N–H and O–H groups in total. The van der Waals surface area contributed by atoms with Crippen molar-refractivity contribution in [3.8, 4) is 0 Å². The van der Waals surface area contributed by atoms with Gasteiger partial charge in [0.2, 0.25) is 0 Å². The summed E-state index contributed by atoms with van der Waals surface area (Å²) in [4.78, 5) is 9.26. The molecule has 0 spiro atoms. The van der Waals surface area contributed by atoms with Crippen molar-refractivity contribution in [2.75, 3.05) is 13.1 Å². The lowest BCUT2D eigenvalue weighted by Crippen LogP contribution is -2.00. The molecule has 2 heteroatoms. The van der Waals surface area contributed by atoms with Gasteiger partial charge in [-0.2, -0.15) is 0 Å². The molecule has 0 fully saturated rings. The van der Waals surface area contributed by atoms with Crippen LogP contribution in [0.4, 0.5) is 0 Å². The lowest BCUT2D eigenvalue weighted by atomic mass is 10.1. The molecule has 0 bridgehead atoms. The summed E-state index contributed by atoms with van der Waals surface area (Å²) in [5.41, 5.74) is 4.00. The molecule has 0 unspecified atom stereocenters. The highest BCUT2D eigenvalue weighted by Gasteiger charge is 1.97. The molecule has 0 saturated heterocycles. The van der Waals surface area contributed by atoms with Crippen molar-refractivity contribution < 1.29 is 0 Å². The quantitative estimate of drug-likeness (QED) is 0.279. The first kappa shape index (κ1) is 20.1. The first-order valence-corrected chi connectivity index (χ1v) is 8.46. The maximum Gasteiger partial charge on any atom is 0.0425 e. The Balaban J connectivity index is 3.94. The van der Waals surface area contributed by atoms with Crippen LogP contribution in [-0.2, 0) is 0 Å². The first-order chi connectivity index (χ1) is 9.81. The molecule has 0 saturated carbocycles. The van der Waals surface area contributed by atoms with Gasteiger partial charge in [0, 0.05) is 24.5 Å². The maximum atomic E-state index is 4.64. The fourth-order valence-electron chi connectivity index (χ4n) is 2.40. The lowest BCUT2D eigenvalue weighted by Gasteiger charge is -2.05. The molecule has 21 heavy (non-hydrogen) atoms. The molecule has 2 nitrogen and oxygen atoms in total. The zero-order chi connectivity index (χ0) is 16.3. The SMILES string of the molecule is CC(=CCCN=C(C)CC(C)C)CCN=C(C)CC(C)C. The van der Waals surface area contributed by atoms with E-state index < -0.39 is 0 Å². The first-order valence-electron chi connectivity index (χ1n) is 8.46. The molecule has 0 amide bonds. The summed E-state index contributed by atoms with van der Waals surface area (Å²) >= 11 is 0. The second-order valence-corrected chi connectivity index (χ2v) is 7.02. The third-order valence-electron chi connectivity index (χ3n) is 3.30. The van der Waals surface area contributed by atoms with Crippen molar-refractivity contribution in [1.29, 1.82) is 0 Å². The summed E-state index contributed by atoms with van der Waals surface area (Å²) in [5.74, 6) is 1.41. The zero-order valence-electron chi connectivity index (χ0n) is 15.4. The minimum atomic E-state index is 0.706. The van der Waals surface area contributed by atoms with E-state index >= 15 is 0 Å². The van der Waals surface area contributed by atoms with Crippen LogP contribution in [0.25, 0.3) is 0 Å². The van der Waals surface area contributed by atoms with Gasteiger partial charge in [-0.3, -0.25) is 9.98 Å². The third-order valence-corrected chi connectivity index (χ3v) is 3.30. The molecule has 0 atom stereocenters. The van der Waals surface area contributed by atoms with E-state index in [1.165, 1.54) is 17.0 Å². The predicted octanol–water partition coefficient (Wildman–Crippen LogP) is 5.73. The Labute approximate surface area is 132 Å². The Bertz CT molecular complexity index is 360. The summed E-state index contributed by atoms with van der Waals surface area (Å²) in [5, 5.41) is 0. The van der Waals surface area contributed by atoms with E-state index in [1.807, 2.05) is 0 Å². The van der Waals surface area contributed by atoms with Crippen LogP contribution in [-0.4, -0.2) is 24.5 Å². The predicted molar refractivity (Wildman–Crippen MR) is 97.9 cm³/mol. The minimum absolute atomic E-state index is 0.706. The topological polar surface area (TPSA) is 24.7 Å². The van der Waals surface area contributed by atoms with Crippen LogP contribution in [0.2, 0.25) is 0 Å². The van der Waals surface area contributed by atoms with Crippen molar-refractivity contribution in [1.82, 2.24) is 0 Å². The third kappa shape index (κ3) is 13.8. The van der Waals surface area contributed by atoms with E-state index in [4.69, 9.17) is 0 Å². The molecule has 0 radical (unpaired) electrons. The Morgan fingerprint density at radius 1 is 0.810 bits per heavy atom. The average molecular weight is 293 g/mol. The van der Waals surface area contributed by atoms with Gasteiger partial charge in [0.1, 0.15) is 0 Å². The van der Waals surface area contributed by atoms with Crippen LogP contribution >= 0.6 is 0 Å². The molecule has 0 aromatic carbocycles. The largest absolute Gasteiger partial charge is 0.294 e. The van der Waals surface area contributed by atoms with Gasteiger partial charge >= 0.3 is 0 Å². The molecule has 0 aliphatic heterocycles. The summed E-state index contributed by atoms with van der Waals surface area (Å²) in [6.45, 7) is 17.3. The highest BCUT2D eigenvalue weighted by atomic mass is 14.7. The molecule has 0 aliphatic rings. The second-order valence-electron chi connectivity index (χ2n) is 7.02. The van der Waals surface area contributed by atoms with Gasteiger partial charge in [-0.05, 0) is 58.3 Å². The number of aliphatic imine (C=N–C) groups is 2. The Morgan fingerprint density at radius 3 is 1.76 bits per heavy atom. The van der Waals surface area contributed by atoms with Gasteiger partial charge in [-0.25, -0.2) is 0 Å². The molecule has 122 valence electrons. The zero-order valence-corrected chi connectivity index (χ0v) is 15.4. The number of rotatable bonds is 10. The minimum Gasteiger partial charge on any atom is -0.294 e. The monoisotopic (exact) mass is 292 g/mol. The van der Waals surface area contributed by atoms with Crippen LogP contribution in [0.3, 0.4) is 0 Å². The van der Waals surface area contributed by atoms with Crippen molar-refractivity contribution >= 4 is 11.4 Å². The molecular formula is C19H36N2. The summed E-state index contributed by atoms with van der Waals surface area (Å²) in [6.07, 6.45) is 6.68. The summed E-state index contributed by atoms with van der Waals surface area (Å²) in [6, 6.07) is 0. The van der Waals surface area contributed by atoms with Crippen molar-refractivity contribution in [3.63, 3.8) is 0 Å². The van der Waals surface area contributed by atoms with E-state index in [0.717, 1.165) is 38.8 Å². The summed E-state index contributed by atoms with van der Waals surface area (Å²) < 4.78 is 0. The highest BCUT2D eigenvalue weighted by molar-refractivity contribution is 5.82. The van der Waals surface area contributed by atoms with Gasteiger partial charge in [-0.1, -0.05) is 39.3 Å². The second kappa shape index (κ2) is 11.7. The Kier molecular flexibility index (Phi) is 11.2. The van der Waals surface area contributed by atoms with E-state index in [1.54, 1.807) is 0 Å². The van der Waals surface area contributed by atoms with Gasteiger partial charge in [0.25, 0.3) is 0 Å². The van der Waals surface area contributed by atoms with Gasteiger partial charge in [0.15, 0.2) is 0 Å². The van der Waals surface area contributed by atoms with E-state index in [2.05, 4.69) is 64.5 Å². The molecule has 0 aromatic rings. The molecular weight excluding hydrogens is 256 g/mol. The highest BCUT2D eigenvalue weighted by Crippen LogP contribution is 2.06. The normalized spacial score (nSPS) is 14.4. The maximum absolute atomic E-state index is 4.64. The molecule has 0 aromatic heterocycles. The summed E-state index contributed by atoms with van der Waals surface area (Å²) in [7, 11) is 0. The van der Waals surface area contributed by atoms with E-state index in [9.17, 15) is 0 Å². The average Bonchev–Trinajstić information content (AvgIpc) is 2.32. The lowest BCUT2D eigenvalue weighted by molar-refractivity contribution is 0.679. The van der Waals surface area contributed by atoms with Crippen molar-refractivity contribution in [2.24, 2.45) is 21.8 Å². The standard InChI is InChI=1S/C19H36N2/c1-15(2)13-18(6)20-11-8-9-17(5)10-12-21-19(7)14-16(3)4/h9,15-16H,8,10-14H2,1-7H3. The smallest absolute Gasteiger partial charge is 0.0425 e. The fraction of sp³-hybridized carbons (Fsp3) is 0.789. The van der Waals surface area contributed by atoms with Gasteiger partial charge in [-0.15, -0.1) is 0 Å². The van der Waals surface area contributed by atoms with Gasteiger partial charge < -0.3 is 0 Å². The molecule has 0 rings (SSSR count). The number of hydrogen-bond donors (Lipinski definition) is 0. The van der Waals surface area contributed by atoms with Crippen LogP contribution in [0.1, 0.15) is 74.1 Å². The van der Waals surface area contributed by atoms with Crippen molar-refractivity contribution in [2.45, 2.75) is 74.1 Å². The van der Waals surface area contributed by atoms with Crippen LogP contribution in [0, 0.1) is 11.8 Å². The van der Waals surface area contributed by atoms with Crippen LogP contribution < -0.4 is 0 Å². The van der Waals surface area contributed by atoms with Crippen LogP contribution in [0.15, 0.2) is 21.6 Å².